The van der Waals surface area contributed by atoms with Gasteiger partial charge in [-0.2, -0.15) is 0 Å². The van der Waals surface area contributed by atoms with Crippen LogP contribution in [0, 0.1) is 0 Å². The molecule has 1 unspecified atom stereocenters. The first-order valence-electron chi connectivity index (χ1n) is 8.75. The van der Waals surface area contributed by atoms with Crippen LogP contribution >= 0.6 is 22.7 Å². The molecule has 0 aliphatic carbocycles. The highest BCUT2D eigenvalue weighted by Gasteiger charge is 2.18. The number of anilines is 1. The molecule has 26 heavy (non-hydrogen) atoms. The molecule has 3 aromatic rings. The zero-order valence-electron chi connectivity index (χ0n) is 14.6. The van der Waals surface area contributed by atoms with Gasteiger partial charge >= 0.3 is 0 Å². The summed E-state index contributed by atoms with van der Waals surface area (Å²) < 4.78 is 5.42. The molecule has 1 fully saturated rings. The summed E-state index contributed by atoms with van der Waals surface area (Å²) in [4.78, 5) is 14.1. The predicted molar refractivity (Wildman–Crippen MR) is 107 cm³/mol. The topological polar surface area (TPSA) is 70.5 Å². The lowest BCUT2D eigenvalue weighted by molar-refractivity contribution is 0.0331. The maximum Gasteiger partial charge on any atom is 0.146 e. The van der Waals surface area contributed by atoms with Gasteiger partial charge in [0.1, 0.15) is 16.5 Å². The third-order valence-electron chi connectivity index (χ3n) is 4.30. The lowest BCUT2D eigenvalue weighted by Gasteiger charge is -2.25. The smallest absolute Gasteiger partial charge is 0.146 e. The van der Waals surface area contributed by atoms with Gasteiger partial charge in [0.15, 0.2) is 0 Å². The van der Waals surface area contributed by atoms with E-state index in [4.69, 9.17) is 14.7 Å². The van der Waals surface area contributed by atoms with Crippen molar-refractivity contribution in [2.45, 2.75) is 19.6 Å². The number of rotatable bonds is 6. The van der Waals surface area contributed by atoms with Crippen molar-refractivity contribution in [1.29, 1.82) is 0 Å². The van der Waals surface area contributed by atoms with E-state index in [0.717, 1.165) is 60.3 Å². The fourth-order valence-corrected chi connectivity index (χ4v) is 4.78. The molecule has 1 aliphatic heterocycles. The minimum Gasteiger partial charge on any atom is -0.392 e. The van der Waals surface area contributed by atoms with Gasteiger partial charge in [0.25, 0.3) is 0 Å². The number of hydrogen-bond donors (Lipinski definition) is 2. The summed E-state index contributed by atoms with van der Waals surface area (Å²) in [7, 11) is 0. The molecule has 1 saturated heterocycles. The van der Waals surface area contributed by atoms with Crippen molar-refractivity contribution < 1.29 is 9.84 Å². The van der Waals surface area contributed by atoms with E-state index < -0.39 is 6.10 Å². The van der Waals surface area contributed by atoms with Gasteiger partial charge in [0, 0.05) is 35.5 Å². The largest absolute Gasteiger partial charge is 0.392 e. The van der Waals surface area contributed by atoms with E-state index in [1.807, 2.05) is 0 Å². The Bertz CT molecular complexity index is 858. The molecule has 0 aromatic carbocycles. The lowest BCUT2D eigenvalue weighted by atomic mass is 10.2. The standard InChI is InChI=1S/C18H22N4O2S2/c1-12(23)9-19-17-16-13(14-3-2-8-25-14)11-26-18(16)21-15(20-17)10-22-4-6-24-7-5-22/h2-3,8,11-12,23H,4-7,9-10H2,1H3,(H,19,20,21). The molecular weight excluding hydrogens is 368 g/mol. The quantitative estimate of drug-likeness (QED) is 0.674. The number of nitrogens with zero attached hydrogens (tertiary/aromatic N) is 3. The van der Waals surface area contributed by atoms with E-state index in [2.05, 4.69) is 33.1 Å². The zero-order valence-corrected chi connectivity index (χ0v) is 16.3. The molecule has 0 bridgehead atoms. The normalized spacial score (nSPS) is 16.8. The fraction of sp³-hybridized carbons (Fsp3) is 0.444. The number of aliphatic hydroxyl groups is 1. The number of ether oxygens (including phenoxy) is 1. The van der Waals surface area contributed by atoms with Crippen LogP contribution in [0.25, 0.3) is 20.7 Å². The van der Waals surface area contributed by atoms with Gasteiger partial charge in [-0.3, -0.25) is 4.90 Å². The number of aliphatic hydroxyl groups excluding tert-OH is 1. The van der Waals surface area contributed by atoms with Gasteiger partial charge in [-0.15, -0.1) is 22.7 Å². The van der Waals surface area contributed by atoms with Gasteiger partial charge in [-0.05, 0) is 18.4 Å². The van der Waals surface area contributed by atoms with Crippen molar-refractivity contribution in [2.24, 2.45) is 0 Å². The Morgan fingerprint density at radius 3 is 2.88 bits per heavy atom. The van der Waals surface area contributed by atoms with Crippen molar-refractivity contribution in [3.63, 3.8) is 0 Å². The number of thiophene rings is 2. The first kappa shape index (κ1) is 17.8. The van der Waals surface area contributed by atoms with Crippen LogP contribution in [0.1, 0.15) is 12.7 Å². The summed E-state index contributed by atoms with van der Waals surface area (Å²) in [5, 5.41) is 18.3. The zero-order chi connectivity index (χ0) is 17.9. The van der Waals surface area contributed by atoms with Crippen LogP contribution in [-0.2, 0) is 11.3 Å². The summed E-state index contributed by atoms with van der Waals surface area (Å²) in [5.41, 5.74) is 1.16. The number of fused-ring (bicyclic) bond motifs is 1. The Hall–Kier alpha value is -1.58. The Balaban J connectivity index is 1.71. The molecule has 6 nitrogen and oxygen atoms in total. The van der Waals surface area contributed by atoms with Gasteiger partial charge in [-0.1, -0.05) is 6.07 Å². The van der Waals surface area contributed by atoms with Crippen LogP contribution in [0.3, 0.4) is 0 Å². The molecular formula is C18H22N4O2S2. The lowest BCUT2D eigenvalue weighted by Crippen LogP contribution is -2.36. The second-order valence-corrected chi connectivity index (χ2v) is 8.22. The summed E-state index contributed by atoms with van der Waals surface area (Å²) in [5.74, 6) is 1.62. The molecule has 138 valence electrons. The van der Waals surface area contributed by atoms with Crippen LogP contribution in [0.4, 0.5) is 5.82 Å². The fourth-order valence-electron chi connectivity index (χ4n) is 3.00. The van der Waals surface area contributed by atoms with Crippen molar-refractivity contribution in [3.05, 3.63) is 28.7 Å². The molecule has 1 atom stereocenters. The van der Waals surface area contributed by atoms with E-state index in [0.29, 0.717) is 6.54 Å². The maximum absolute atomic E-state index is 9.70. The highest BCUT2D eigenvalue weighted by atomic mass is 32.1. The second-order valence-electron chi connectivity index (χ2n) is 6.41. The third kappa shape index (κ3) is 3.89. The third-order valence-corrected chi connectivity index (χ3v) is 6.08. The van der Waals surface area contributed by atoms with Crippen LogP contribution in [-0.4, -0.2) is 58.9 Å². The Morgan fingerprint density at radius 1 is 1.31 bits per heavy atom. The number of aromatic nitrogens is 2. The van der Waals surface area contributed by atoms with Crippen LogP contribution in [0.2, 0.25) is 0 Å². The first-order chi connectivity index (χ1) is 12.7. The average Bonchev–Trinajstić information content (AvgIpc) is 3.29. The average molecular weight is 391 g/mol. The van der Waals surface area contributed by atoms with Crippen molar-refractivity contribution in [1.82, 2.24) is 14.9 Å². The molecule has 4 heterocycles. The molecule has 3 aromatic heterocycles. The van der Waals surface area contributed by atoms with Crippen molar-refractivity contribution in [2.75, 3.05) is 38.2 Å². The van der Waals surface area contributed by atoms with Gasteiger partial charge in [0.2, 0.25) is 0 Å². The summed E-state index contributed by atoms with van der Waals surface area (Å²) in [6.07, 6.45) is -0.438. The number of morpholine rings is 1. The molecule has 8 heteroatoms. The van der Waals surface area contributed by atoms with Gasteiger partial charge in [-0.25, -0.2) is 9.97 Å². The van der Waals surface area contributed by atoms with Crippen molar-refractivity contribution in [3.8, 4) is 10.4 Å². The van der Waals surface area contributed by atoms with Crippen LogP contribution < -0.4 is 5.32 Å². The highest BCUT2D eigenvalue weighted by Crippen LogP contribution is 2.38. The molecule has 0 spiro atoms. The summed E-state index contributed by atoms with van der Waals surface area (Å²) in [6, 6.07) is 4.17. The van der Waals surface area contributed by atoms with Crippen LogP contribution in [0.15, 0.2) is 22.9 Å². The molecule has 4 rings (SSSR count). The first-order valence-corrected chi connectivity index (χ1v) is 10.5. The monoisotopic (exact) mass is 390 g/mol. The summed E-state index contributed by atoms with van der Waals surface area (Å²) >= 11 is 3.36. The number of hydrogen-bond acceptors (Lipinski definition) is 8. The van der Waals surface area contributed by atoms with Crippen LogP contribution in [0.5, 0.6) is 0 Å². The predicted octanol–water partition coefficient (Wildman–Crippen LogP) is 3.04. The molecule has 0 saturated carbocycles. The molecule has 1 aliphatic rings. The van der Waals surface area contributed by atoms with E-state index in [-0.39, 0.29) is 0 Å². The number of nitrogens with one attached hydrogen (secondary N) is 1. The summed E-state index contributed by atoms with van der Waals surface area (Å²) in [6.45, 7) is 6.28. The second kappa shape index (κ2) is 7.98. The molecule has 0 radical (unpaired) electrons. The highest BCUT2D eigenvalue weighted by molar-refractivity contribution is 7.18. The van der Waals surface area contributed by atoms with E-state index in [9.17, 15) is 5.11 Å². The van der Waals surface area contributed by atoms with Crippen molar-refractivity contribution >= 4 is 38.7 Å². The Morgan fingerprint density at radius 2 is 2.15 bits per heavy atom. The Labute approximate surface area is 160 Å². The van der Waals surface area contributed by atoms with Gasteiger partial charge in [0.05, 0.1) is 31.2 Å². The van der Waals surface area contributed by atoms with Gasteiger partial charge < -0.3 is 15.2 Å². The van der Waals surface area contributed by atoms with E-state index in [1.165, 1.54) is 4.88 Å². The van der Waals surface area contributed by atoms with E-state index in [1.54, 1.807) is 29.6 Å². The molecule has 0 amide bonds. The Kier molecular flexibility index (Phi) is 5.46. The minimum absolute atomic E-state index is 0.438. The SMILES string of the molecule is CC(O)CNc1nc(CN2CCOCC2)nc2scc(-c3cccs3)c12. The molecule has 2 N–H and O–H groups in total. The minimum atomic E-state index is -0.438. The maximum atomic E-state index is 9.70. The van der Waals surface area contributed by atoms with E-state index >= 15 is 0 Å².